The molecule has 0 saturated carbocycles. The number of nitrogens with one attached hydrogen (secondary N) is 3. The molecule has 9 heteroatoms. The number of halogens is 1. The standard InChI is InChI=1S/C21H36N4O4.HI/c1-7-22-20(23-13-16-9-10-18(27-5)19(12-16)28-6)24-14-17(11-15(3)4)25-21(26)29-8-2;/h9-10,12,15,17H,7-8,11,13-14H2,1-6H3,(H,25,26)(H2,22,23,24);1H. The van der Waals surface area contributed by atoms with Crippen LogP contribution in [0.4, 0.5) is 4.79 Å². The number of nitrogens with zero attached hydrogens (tertiary/aromatic N) is 1. The van der Waals surface area contributed by atoms with Crippen LogP contribution in [0.15, 0.2) is 23.2 Å². The second-order valence-corrected chi connectivity index (χ2v) is 6.96. The molecule has 1 amide bonds. The third-order valence-corrected chi connectivity index (χ3v) is 4.08. The van der Waals surface area contributed by atoms with E-state index in [0.717, 1.165) is 18.5 Å². The maximum Gasteiger partial charge on any atom is 0.407 e. The van der Waals surface area contributed by atoms with Gasteiger partial charge in [0, 0.05) is 19.1 Å². The molecule has 0 spiro atoms. The molecule has 3 N–H and O–H groups in total. The summed E-state index contributed by atoms with van der Waals surface area (Å²) in [5.74, 6) is 2.48. The Hall–Kier alpha value is -1.91. The Kier molecular flexibility index (Phi) is 14.9. The molecule has 0 aromatic heterocycles. The minimum absolute atomic E-state index is 0. The van der Waals surface area contributed by atoms with Crippen LogP contribution in [0.2, 0.25) is 0 Å². The lowest BCUT2D eigenvalue weighted by molar-refractivity contribution is 0.146. The lowest BCUT2D eigenvalue weighted by Crippen LogP contribution is -2.47. The van der Waals surface area contributed by atoms with E-state index in [1.807, 2.05) is 25.1 Å². The highest BCUT2D eigenvalue weighted by Crippen LogP contribution is 2.27. The van der Waals surface area contributed by atoms with Crippen molar-refractivity contribution in [1.29, 1.82) is 0 Å². The van der Waals surface area contributed by atoms with Crippen molar-refractivity contribution in [3.63, 3.8) is 0 Å². The van der Waals surface area contributed by atoms with E-state index >= 15 is 0 Å². The highest BCUT2D eigenvalue weighted by atomic mass is 127. The van der Waals surface area contributed by atoms with Crippen LogP contribution in [0.25, 0.3) is 0 Å². The van der Waals surface area contributed by atoms with Crippen molar-refractivity contribution in [3.05, 3.63) is 23.8 Å². The lowest BCUT2D eigenvalue weighted by Gasteiger charge is -2.22. The number of aliphatic imine (C=N–C) groups is 1. The zero-order chi connectivity index (χ0) is 21.6. The zero-order valence-corrected chi connectivity index (χ0v) is 21.2. The third-order valence-electron chi connectivity index (χ3n) is 4.08. The predicted octanol–water partition coefficient (Wildman–Crippen LogP) is 3.54. The molecule has 1 aromatic carbocycles. The maximum atomic E-state index is 11.8. The topological polar surface area (TPSA) is 93.2 Å². The lowest BCUT2D eigenvalue weighted by atomic mass is 10.0. The molecule has 0 aliphatic carbocycles. The van der Waals surface area contributed by atoms with Crippen LogP contribution >= 0.6 is 24.0 Å². The van der Waals surface area contributed by atoms with Gasteiger partial charge in [-0.2, -0.15) is 0 Å². The van der Waals surface area contributed by atoms with Crippen LogP contribution in [-0.4, -0.2) is 52.0 Å². The van der Waals surface area contributed by atoms with Crippen molar-refractivity contribution in [1.82, 2.24) is 16.0 Å². The zero-order valence-electron chi connectivity index (χ0n) is 18.9. The second-order valence-electron chi connectivity index (χ2n) is 6.96. The molecule has 1 unspecified atom stereocenters. The summed E-state index contributed by atoms with van der Waals surface area (Å²) in [7, 11) is 3.22. The van der Waals surface area contributed by atoms with Gasteiger partial charge in [-0.05, 0) is 43.9 Å². The van der Waals surface area contributed by atoms with Gasteiger partial charge in [0.25, 0.3) is 0 Å². The van der Waals surface area contributed by atoms with Gasteiger partial charge in [-0.3, -0.25) is 0 Å². The van der Waals surface area contributed by atoms with E-state index in [1.54, 1.807) is 21.1 Å². The number of benzene rings is 1. The molecule has 0 aliphatic rings. The molecule has 0 aliphatic heterocycles. The molecule has 1 aromatic rings. The highest BCUT2D eigenvalue weighted by Gasteiger charge is 2.15. The molecule has 0 fully saturated rings. The Labute approximate surface area is 197 Å². The van der Waals surface area contributed by atoms with Crippen molar-refractivity contribution >= 4 is 36.0 Å². The molecular formula is C21H37IN4O4. The first-order valence-corrected chi connectivity index (χ1v) is 10.1. The molecule has 1 rings (SSSR count). The fourth-order valence-corrected chi connectivity index (χ4v) is 2.81. The van der Waals surface area contributed by atoms with Crippen molar-refractivity contribution in [3.8, 4) is 11.5 Å². The van der Waals surface area contributed by atoms with Crippen molar-refractivity contribution in [2.24, 2.45) is 10.9 Å². The van der Waals surface area contributed by atoms with Crippen molar-refractivity contribution in [2.75, 3.05) is 33.9 Å². The van der Waals surface area contributed by atoms with Gasteiger partial charge >= 0.3 is 6.09 Å². The molecule has 0 heterocycles. The number of alkyl carbamates (subject to hydrolysis) is 1. The van der Waals surface area contributed by atoms with E-state index < -0.39 is 6.09 Å². The minimum atomic E-state index is -0.396. The van der Waals surface area contributed by atoms with E-state index in [9.17, 15) is 4.79 Å². The normalized spacial score (nSPS) is 11.9. The Balaban J connectivity index is 0.00000841. The van der Waals surface area contributed by atoms with Gasteiger partial charge < -0.3 is 30.2 Å². The van der Waals surface area contributed by atoms with Crippen molar-refractivity contribution < 1.29 is 19.0 Å². The fraction of sp³-hybridized carbons (Fsp3) is 0.619. The molecule has 172 valence electrons. The summed E-state index contributed by atoms with van der Waals surface area (Å²) in [6.07, 6.45) is 0.438. The Morgan fingerprint density at radius 3 is 2.37 bits per heavy atom. The summed E-state index contributed by atoms with van der Waals surface area (Å²) in [5, 5.41) is 9.45. The van der Waals surface area contributed by atoms with Crippen LogP contribution in [-0.2, 0) is 11.3 Å². The molecule has 0 bridgehead atoms. The largest absolute Gasteiger partial charge is 0.493 e. The van der Waals surface area contributed by atoms with E-state index in [1.165, 1.54) is 0 Å². The van der Waals surface area contributed by atoms with Gasteiger partial charge in [0.1, 0.15) is 0 Å². The number of hydrogen-bond donors (Lipinski definition) is 3. The highest BCUT2D eigenvalue weighted by molar-refractivity contribution is 14.0. The third kappa shape index (κ3) is 10.7. The monoisotopic (exact) mass is 536 g/mol. The van der Waals surface area contributed by atoms with Crippen LogP contribution < -0.4 is 25.4 Å². The van der Waals surface area contributed by atoms with Gasteiger partial charge in [0.05, 0.1) is 27.4 Å². The number of ether oxygens (including phenoxy) is 3. The SMILES string of the molecule is CCNC(=NCc1ccc(OC)c(OC)c1)NCC(CC(C)C)NC(=O)OCC.I. The first kappa shape index (κ1) is 28.1. The average Bonchev–Trinajstić information content (AvgIpc) is 2.69. The number of guanidine groups is 1. The van der Waals surface area contributed by atoms with Gasteiger partial charge in [0.2, 0.25) is 0 Å². The number of amides is 1. The number of carbonyl (C=O) groups is 1. The van der Waals surface area contributed by atoms with Crippen LogP contribution in [0.3, 0.4) is 0 Å². The summed E-state index contributed by atoms with van der Waals surface area (Å²) in [4.78, 5) is 16.4. The maximum absolute atomic E-state index is 11.8. The van der Waals surface area contributed by atoms with E-state index in [4.69, 9.17) is 14.2 Å². The van der Waals surface area contributed by atoms with Crippen molar-refractivity contribution in [2.45, 2.75) is 46.7 Å². The van der Waals surface area contributed by atoms with Crippen LogP contribution in [0.1, 0.15) is 39.7 Å². The fourth-order valence-electron chi connectivity index (χ4n) is 2.81. The molecule has 0 radical (unpaired) electrons. The molecular weight excluding hydrogens is 499 g/mol. The quantitative estimate of drug-likeness (QED) is 0.228. The summed E-state index contributed by atoms with van der Waals surface area (Å²) < 4.78 is 15.6. The molecule has 8 nitrogen and oxygen atoms in total. The van der Waals surface area contributed by atoms with Gasteiger partial charge in [0.15, 0.2) is 17.5 Å². The van der Waals surface area contributed by atoms with E-state index in [-0.39, 0.29) is 30.0 Å². The van der Waals surface area contributed by atoms with Crippen LogP contribution in [0, 0.1) is 5.92 Å². The van der Waals surface area contributed by atoms with E-state index in [0.29, 0.717) is 43.1 Å². The number of rotatable bonds is 11. The number of methoxy groups -OCH3 is 2. The number of hydrogen-bond acceptors (Lipinski definition) is 5. The summed E-state index contributed by atoms with van der Waals surface area (Å²) in [6, 6.07) is 5.68. The van der Waals surface area contributed by atoms with Gasteiger partial charge in [-0.25, -0.2) is 9.79 Å². The smallest absolute Gasteiger partial charge is 0.407 e. The Morgan fingerprint density at radius 2 is 1.80 bits per heavy atom. The molecule has 1 atom stereocenters. The minimum Gasteiger partial charge on any atom is -0.493 e. The summed E-state index contributed by atoms with van der Waals surface area (Å²) >= 11 is 0. The summed E-state index contributed by atoms with van der Waals surface area (Å²) in [5.41, 5.74) is 1.00. The average molecular weight is 536 g/mol. The second kappa shape index (κ2) is 15.9. The van der Waals surface area contributed by atoms with E-state index in [2.05, 4.69) is 34.8 Å². The first-order chi connectivity index (χ1) is 13.9. The Morgan fingerprint density at radius 1 is 1.10 bits per heavy atom. The predicted molar refractivity (Wildman–Crippen MR) is 131 cm³/mol. The summed E-state index contributed by atoms with van der Waals surface area (Å²) in [6.45, 7) is 10.2. The first-order valence-electron chi connectivity index (χ1n) is 10.1. The van der Waals surface area contributed by atoms with Gasteiger partial charge in [-0.1, -0.05) is 19.9 Å². The molecule has 0 saturated heterocycles. The molecule has 30 heavy (non-hydrogen) atoms. The van der Waals surface area contributed by atoms with Crippen LogP contribution in [0.5, 0.6) is 11.5 Å². The Bertz CT molecular complexity index is 656. The number of carbonyl (C=O) groups excluding carboxylic acids is 1. The van der Waals surface area contributed by atoms with Gasteiger partial charge in [-0.15, -0.1) is 24.0 Å².